The molecule has 0 unspecified atom stereocenters. The Balaban J connectivity index is 1.37. The minimum absolute atomic E-state index is 0.0893. The number of alkyl halides is 3. The number of carbonyl (C=O) groups excluding carboxylic acids is 1. The molecule has 2 aromatic carbocycles. The number of nitrogens with zero attached hydrogens (tertiary/aromatic N) is 3. The van der Waals surface area contributed by atoms with E-state index in [-0.39, 0.29) is 17.2 Å². The van der Waals surface area contributed by atoms with E-state index in [1.165, 1.54) is 23.5 Å². The number of aryl methyl sites for hydroxylation is 1. The molecular weight excluding hydrogens is 495 g/mol. The Morgan fingerprint density at radius 3 is 2.31 bits per heavy atom. The molecule has 2 heterocycles. The van der Waals surface area contributed by atoms with Crippen molar-refractivity contribution in [1.82, 2.24) is 9.21 Å². The molecule has 0 aromatic heterocycles. The van der Waals surface area contributed by atoms with Gasteiger partial charge in [0.2, 0.25) is 15.9 Å². The normalized spacial score (nSPS) is 17.4. The zero-order valence-corrected chi connectivity index (χ0v) is 20.9. The first-order valence-corrected chi connectivity index (χ1v) is 13.4. The smallest absolute Gasteiger partial charge is 0.416 e. The molecule has 0 N–H and O–H groups in total. The fourth-order valence-electron chi connectivity index (χ4n) is 4.68. The van der Waals surface area contributed by atoms with Gasteiger partial charge in [-0.2, -0.15) is 17.5 Å². The molecule has 0 spiro atoms. The molecule has 2 aliphatic rings. The van der Waals surface area contributed by atoms with Gasteiger partial charge in [-0.3, -0.25) is 4.79 Å². The van der Waals surface area contributed by atoms with Crippen molar-refractivity contribution >= 4 is 21.6 Å². The summed E-state index contributed by atoms with van der Waals surface area (Å²) in [6.45, 7) is 2.67. The Bertz CT molecular complexity index is 1190. The molecule has 2 aromatic rings. The van der Waals surface area contributed by atoms with Gasteiger partial charge in [0, 0.05) is 51.4 Å². The van der Waals surface area contributed by atoms with Crippen molar-refractivity contribution in [3.63, 3.8) is 0 Å². The predicted molar refractivity (Wildman–Crippen MR) is 130 cm³/mol. The van der Waals surface area contributed by atoms with Crippen molar-refractivity contribution in [2.24, 2.45) is 0 Å². The number of benzene rings is 2. The quantitative estimate of drug-likeness (QED) is 0.551. The molecule has 2 saturated heterocycles. The van der Waals surface area contributed by atoms with E-state index < -0.39 is 21.8 Å². The fraction of sp³-hybridized carbons (Fsp3) is 0.480. The maximum atomic E-state index is 13.0. The fourth-order valence-corrected chi connectivity index (χ4v) is 6.25. The molecule has 2 fully saturated rings. The van der Waals surface area contributed by atoms with Crippen LogP contribution in [0.15, 0.2) is 47.4 Å². The summed E-state index contributed by atoms with van der Waals surface area (Å²) in [5.41, 5.74) is 0.438. The number of piperazine rings is 1. The summed E-state index contributed by atoms with van der Waals surface area (Å²) in [4.78, 5) is 16.6. The van der Waals surface area contributed by atoms with Gasteiger partial charge in [-0.25, -0.2) is 8.42 Å². The highest BCUT2D eigenvalue weighted by atomic mass is 32.2. The largest absolute Gasteiger partial charge is 0.496 e. The molecule has 196 valence electrons. The van der Waals surface area contributed by atoms with Crippen LogP contribution in [0.3, 0.4) is 0 Å². The molecule has 0 bridgehead atoms. The van der Waals surface area contributed by atoms with E-state index in [1.54, 1.807) is 23.1 Å². The van der Waals surface area contributed by atoms with Gasteiger partial charge in [0.25, 0.3) is 0 Å². The lowest BCUT2D eigenvalue weighted by molar-refractivity contribution is -0.137. The van der Waals surface area contributed by atoms with Crippen LogP contribution in [0.2, 0.25) is 0 Å². The zero-order valence-electron chi connectivity index (χ0n) is 20.1. The van der Waals surface area contributed by atoms with Crippen LogP contribution in [0, 0.1) is 0 Å². The first-order valence-electron chi connectivity index (χ1n) is 12.0. The molecule has 7 nitrogen and oxygen atoms in total. The highest BCUT2D eigenvalue weighted by Crippen LogP contribution is 2.32. The summed E-state index contributed by atoms with van der Waals surface area (Å²) >= 11 is 0. The summed E-state index contributed by atoms with van der Waals surface area (Å²) in [7, 11) is -2.08. The number of rotatable bonds is 7. The van der Waals surface area contributed by atoms with Gasteiger partial charge in [-0.05, 0) is 61.2 Å². The number of anilines is 1. The lowest BCUT2D eigenvalue weighted by Gasteiger charge is -2.36. The Hall–Kier alpha value is -2.79. The van der Waals surface area contributed by atoms with E-state index >= 15 is 0 Å². The van der Waals surface area contributed by atoms with Crippen LogP contribution < -0.4 is 9.64 Å². The molecule has 36 heavy (non-hydrogen) atoms. The lowest BCUT2D eigenvalue weighted by Crippen LogP contribution is -2.48. The molecular formula is C25H30F3N3O4S. The standard InChI is InChI=1S/C25H30F3N3O4S/c1-35-23-9-8-22(36(33,34)31-11-2-3-12-31)17-19(23)7-10-24(32)30-15-13-29(14-16-30)21-6-4-5-20(18-21)25(26,27)28/h4-6,8-9,17-18H,2-3,7,10-16H2,1H3. The minimum atomic E-state index is -4.40. The average Bonchev–Trinajstić information content (AvgIpc) is 3.43. The third kappa shape index (κ3) is 5.78. The van der Waals surface area contributed by atoms with Gasteiger partial charge in [0.15, 0.2) is 0 Å². The van der Waals surface area contributed by atoms with Crippen molar-refractivity contribution in [3.8, 4) is 5.75 Å². The van der Waals surface area contributed by atoms with Gasteiger partial charge < -0.3 is 14.5 Å². The van der Waals surface area contributed by atoms with Crippen LogP contribution in [0.1, 0.15) is 30.4 Å². The summed E-state index contributed by atoms with van der Waals surface area (Å²) < 4.78 is 71.9. The highest BCUT2D eigenvalue weighted by Gasteiger charge is 2.31. The molecule has 0 saturated carbocycles. The Morgan fingerprint density at radius 1 is 0.972 bits per heavy atom. The highest BCUT2D eigenvalue weighted by molar-refractivity contribution is 7.89. The van der Waals surface area contributed by atoms with E-state index in [0.29, 0.717) is 62.7 Å². The molecule has 1 amide bonds. The molecule has 2 aliphatic heterocycles. The van der Waals surface area contributed by atoms with Crippen molar-refractivity contribution in [2.75, 3.05) is 51.3 Å². The van der Waals surface area contributed by atoms with Crippen LogP contribution in [0.25, 0.3) is 0 Å². The molecule has 0 atom stereocenters. The first-order chi connectivity index (χ1) is 17.1. The topological polar surface area (TPSA) is 70.2 Å². The number of halogens is 3. The first kappa shape index (κ1) is 26.3. The second kappa shape index (κ2) is 10.7. The van der Waals surface area contributed by atoms with Crippen LogP contribution in [-0.2, 0) is 27.4 Å². The molecule has 11 heteroatoms. The second-order valence-electron chi connectivity index (χ2n) is 9.00. The van der Waals surface area contributed by atoms with Gasteiger partial charge in [0.05, 0.1) is 17.6 Å². The number of methoxy groups -OCH3 is 1. The Labute approximate surface area is 209 Å². The summed E-state index contributed by atoms with van der Waals surface area (Å²) in [5, 5.41) is 0. The maximum absolute atomic E-state index is 13.0. The van der Waals surface area contributed by atoms with Crippen LogP contribution in [0.5, 0.6) is 5.75 Å². The molecule has 0 radical (unpaired) electrons. The third-order valence-electron chi connectivity index (χ3n) is 6.73. The Morgan fingerprint density at radius 2 is 1.67 bits per heavy atom. The van der Waals surface area contributed by atoms with Crippen molar-refractivity contribution < 1.29 is 31.1 Å². The maximum Gasteiger partial charge on any atom is 0.416 e. The van der Waals surface area contributed by atoms with Crippen LogP contribution in [-0.4, -0.2) is 69.9 Å². The predicted octanol–water partition coefficient (Wildman–Crippen LogP) is 3.78. The van der Waals surface area contributed by atoms with E-state index in [2.05, 4.69) is 0 Å². The number of hydrogen-bond donors (Lipinski definition) is 0. The molecule has 4 rings (SSSR count). The SMILES string of the molecule is COc1ccc(S(=O)(=O)N2CCCC2)cc1CCC(=O)N1CCN(c2cccc(C(F)(F)F)c2)CC1. The van der Waals surface area contributed by atoms with E-state index in [9.17, 15) is 26.4 Å². The Kier molecular flexibility index (Phi) is 7.79. The summed E-state index contributed by atoms with van der Waals surface area (Å²) in [5.74, 6) is 0.436. The van der Waals surface area contributed by atoms with Crippen molar-refractivity contribution in [2.45, 2.75) is 36.8 Å². The second-order valence-corrected chi connectivity index (χ2v) is 10.9. The monoisotopic (exact) mass is 525 g/mol. The number of sulfonamides is 1. The minimum Gasteiger partial charge on any atom is -0.496 e. The van der Waals surface area contributed by atoms with Gasteiger partial charge in [-0.1, -0.05) is 6.07 Å². The van der Waals surface area contributed by atoms with E-state index in [0.717, 1.165) is 25.0 Å². The number of carbonyl (C=O) groups is 1. The number of ether oxygens (including phenoxy) is 1. The van der Waals surface area contributed by atoms with Gasteiger partial charge in [0.1, 0.15) is 5.75 Å². The average molecular weight is 526 g/mol. The van der Waals surface area contributed by atoms with E-state index in [4.69, 9.17) is 4.74 Å². The lowest BCUT2D eigenvalue weighted by atomic mass is 10.1. The van der Waals surface area contributed by atoms with Crippen molar-refractivity contribution in [3.05, 3.63) is 53.6 Å². The van der Waals surface area contributed by atoms with Crippen LogP contribution in [0.4, 0.5) is 18.9 Å². The van der Waals surface area contributed by atoms with Crippen molar-refractivity contribution in [1.29, 1.82) is 0 Å². The number of amides is 1. The molecule has 0 aliphatic carbocycles. The summed E-state index contributed by atoms with van der Waals surface area (Å²) in [6.07, 6.45) is -2.22. The zero-order chi connectivity index (χ0) is 25.9. The van der Waals surface area contributed by atoms with Crippen LogP contribution >= 0.6 is 0 Å². The number of hydrogen-bond acceptors (Lipinski definition) is 5. The van der Waals surface area contributed by atoms with Gasteiger partial charge in [-0.15, -0.1) is 0 Å². The summed E-state index contributed by atoms with van der Waals surface area (Å²) in [6, 6.07) is 9.95. The van der Waals surface area contributed by atoms with E-state index in [1.807, 2.05) is 4.90 Å². The third-order valence-corrected chi connectivity index (χ3v) is 8.63. The van der Waals surface area contributed by atoms with Gasteiger partial charge >= 0.3 is 6.18 Å².